The molecule has 3 N–H and O–H groups in total. The molecule has 0 aromatic rings. The van der Waals surface area contributed by atoms with Crippen LogP contribution in [0.15, 0.2) is 0 Å². The van der Waals surface area contributed by atoms with Crippen molar-refractivity contribution in [1.82, 2.24) is 10.6 Å². The molecule has 0 spiro atoms. The van der Waals surface area contributed by atoms with E-state index < -0.39 is 0 Å². The third kappa shape index (κ3) is 3.18. The van der Waals surface area contributed by atoms with Crippen molar-refractivity contribution in [3.8, 4) is 0 Å². The van der Waals surface area contributed by atoms with Gasteiger partial charge in [-0.1, -0.05) is 13.3 Å². The summed E-state index contributed by atoms with van der Waals surface area (Å²) >= 11 is 0. The zero-order chi connectivity index (χ0) is 10.4. The number of urea groups is 1. The topological polar surface area (TPSA) is 61.4 Å². The van der Waals surface area contributed by atoms with Gasteiger partial charge in [-0.2, -0.15) is 0 Å². The van der Waals surface area contributed by atoms with Crippen molar-refractivity contribution in [1.29, 1.82) is 0 Å². The van der Waals surface area contributed by atoms with Crippen LogP contribution in [0.1, 0.15) is 32.6 Å². The molecular formula is C10H20N2O2. The summed E-state index contributed by atoms with van der Waals surface area (Å²) in [5.41, 5.74) is 0. The van der Waals surface area contributed by atoms with Crippen LogP contribution in [0, 0.1) is 5.92 Å². The lowest BCUT2D eigenvalue weighted by atomic mass is 10.1. The minimum absolute atomic E-state index is 0.0998. The normalized spacial score (nSPS) is 26.1. The fourth-order valence-electron chi connectivity index (χ4n) is 1.90. The monoisotopic (exact) mass is 200 g/mol. The molecule has 1 fully saturated rings. The molecule has 0 aliphatic heterocycles. The van der Waals surface area contributed by atoms with E-state index in [1.54, 1.807) is 0 Å². The average Bonchev–Trinajstić information content (AvgIpc) is 2.62. The molecule has 0 heterocycles. The molecule has 1 saturated carbocycles. The molecule has 0 saturated heterocycles. The second-order valence-corrected chi connectivity index (χ2v) is 3.88. The van der Waals surface area contributed by atoms with Gasteiger partial charge in [0.05, 0.1) is 0 Å². The van der Waals surface area contributed by atoms with Gasteiger partial charge in [-0.05, 0) is 19.3 Å². The highest BCUT2D eigenvalue weighted by atomic mass is 16.3. The fraction of sp³-hybridized carbons (Fsp3) is 0.900. The zero-order valence-electron chi connectivity index (χ0n) is 8.75. The highest BCUT2D eigenvalue weighted by Crippen LogP contribution is 2.24. The molecule has 2 unspecified atom stereocenters. The molecular weight excluding hydrogens is 180 g/mol. The van der Waals surface area contributed by atoms with Crippen molar-refractivity contribution < 1.29 is 9.90 Å². The number of amides is 2. The average molecular weight is 200 g/mol. The second kappa shape index (κ2) is 5.86. The number of nitrogens with one attached hydrogen (secondary N) is 2. The Morgan fingerprint density at radius 1 is 1.50 bits per heavy atom. The summed E-state index contributed by atoms with van der Waals surface area (Å²) in [5.74, 6) is 0.252. The Morgan fingerprint density at radius 2 is 2.29 bits per heavy atom. The van der Waals surface area contributed by atoms with Gasteiger partial charge in [0.25, 0.3) is 0 Å². The van der Waals surface area contributed by atoms with Crippen LogP contribution in [0.2, 0.25) is 0 Å². The lowest BCUT2D eigenvalue weighted by Gasteiger charge is -2.19. The number of carbonyl (C=O) groups excluding carboxylic acids is 1. The van der Waals surface area contributed by atoms with Crippen LogP contribution in [0.25, 0.3) is 0 Å². The van der Waals surface area contributed by atoms with E-state index in [9.17, 15) is 4.79 Å². The van der Waals surface area contributed by atoms with Crippen LogP contribution < -0.4 is 10.6 Å². The molecule has 2 amide bonds. The van der Waals surface area contributed by atoms with Crippen LogP contribution >= 0.6 is 0 Å². The molecule has 1 aliphatic carbocycles. The first-order chi connectivity index (χ1) is 6.77. The largest absolute Gasteiger partial charge is 0.396 e. The summed E-state index contributed by atoms with van der Waals surface area (Å²) in [4.78, 5) is 11.3. The predicted molar refractivity (Wildman–Crippen MR) is 55.0 cm³/mol. The summed E-state index contributed by atoms with van der Waals surface area (Å²) in [5, 5.41) is 14.7. The Morgan fingerprint density at radius 3 is 2.93 bits per heavy atom. The molecule has 0 bridgehead atoms. The molecule has 1 rings (SSSR count). The maximum Gasteiger partial charge on any atom is 0.315 e. The van der Waals surface area contributed by atoms with Gasteiger partial charge in [-0.3, -0.25) is 0 Å². The summed E-state index contributed by atoms with van der Waals surface area (Å²) < 4.78 is 0. The van der Waals surface area contributed by atoms with E-state index in [1.807, 2.05) is 6.92 Å². The Labute approximate surface area is 85.1 Å². The second-order valence-electron chi connectivity index (χ2n) is 3.88. The van der Waals surface area contributed by atoms with E-state index in [-0.39, 0.29) is 24.6 Å². The van der Waals surface area contributed by atoms with Gasteiger partial charge in [0.1, 0.15) is 0 Å². The van der Waals surface area contributed by atoms with Crippen LogP contribution in [-0.4, -0.2) is 30.3 Å². The van der Waals surface area contributed by atoms with Gasteiger partial charge < -0.3 is 15.7 Å². The molecule has 0 aromatic carbocycles. The van der Waals surface area contributed by atoms with Crippen LogP contribution in [0.5, 0.6) is 0 Å². The molecule has 0 radical (unpaired) electrons. The Kier molecular flexibility index (Phi) is 4.73. The van der Waals surface area contributed by atoms with Gasteiger partial charge >= 0.3 is 6.03 Å². The van der Waals surface area contributed by atoms with Gasteiger partial charge in [0, 0.05) is 25.1 Å². The number of rotatable bonds is 4. The minimum atomic E-state index is -0.0998. The van der Waals surface area contributed by atoms with Crippen LogP contribution in [0.4, 0.5) is 4.79 Å². The lowest BCUT2D eigenvalue weighted by Crippen LogP contribution is -2.44. The van der Waals surface area contributed by atoms with Gasteiger partial charge in [0.15, 0.2) is 0 Å². The maximum atomic E-state index is 11.3. The first kappa shape index (κ1) is 11.3. The van der Waals surface area contributed by atoms with Gasteiger partial charge in [-0.15, -0.1) is 0 Å². The highest BCUT2D eigenvalue weighted by molar-refractivity contribution is 5.74. The van der Waals surface area contributed by atoms with Crippen LogP contribution in [-0.2, 0) is 0 Å². The van der Waals surface area contributed by atoms with E-state index in [0.29, 0.717) is 6.54 Å². The first-order valence-electron chi connectivity index (χ1n) is 5.43. The molecule has 1 aliphatic rings. The number of hydrogen-bond acceptors (Lipinski definition) is 2. The Hall–Kier alpha value is -0.770. The molecule has 0 aromatic heterocycles. The summed E-state index contributed by atoms with van der Waals surface area (Å²) in [6.45, 7) is 2.91. The molecule has 4 nitrogen and oxygen atoms in total. The Balaban J connectivity index is 2.25. The fourth-order valence-corrected chi connectivity index (χ4v) is 1.90. The molecule has 82 valence electrons. The standard InChI is InChI=1S/C10H20N2O2/c1-2-6-11-10(14)12-9-5-3-4-8(9)7-13/h8-9,13H,2-7H2,1H3,(H2,11,12,14). The summed E-state index contributed by atoms with van der Waals surface area (Å²) in [6.07, 6.45) is 4.06. The van der Waals surface area contributed by atoms with Crippen molar-refractivity contribution in [2.75, 3.05) is 13.2 Å². The minimum Gasteiger partial charge on any atom is -0.396 e. The van der Waals surface area contributed by atoms with E-state index in [4.69, 9.17) is 5.11 Å². The Bertz CT molecular complexity index is 185. The molecule has 2 atom stereocenters. The van der Waals surface area contributed by atoms with Gasteiger partial charge in [0.2, 0.25) is 0 Å². The third-order valence-corrected chi connectivity index (χ3v) is 2.75. The zero-order valence-corrected chi connectivity index (χ0v) is 8.75. The number of carbonyl (C=O) groups is 1. The smallest absolute Gasteiger partial charge is 0.315 e. The lowest BCUT2D eigenvalue weighted by molar-refractivity contribution is 0.199. The number of aliphatic hydroxyl groups is 1. The maximum absolute atomic E-state index is 11.3. The van der Waals surface area contributed by atoms with Crippen molar-refractivity contribution in [2.24, 2.45) is 5.92 Å². The van der Waals surface area contributed by atoms with Crippen LogP contribution in [0.3, 0.4) is 0 Å². The van der Waals surface area contributed by atoms with Crippen molar-refractivity contribution in [2.45, 2.75) is 38.6 Å². The van der Waals surface area contributed by atoms with Crippen molar-refractivity contribution in [3.05, 3.63) is 0 Å². The molecule has 4 heteroatoms. The highest BCUT2D eigenvalue weighted by Gasteiger charge is 2.27. The van der Waals surface area contributed by atoms with E-state index in [1.165, 1.54) is 0 Å². The first-order valence-corrected chi connectivity index (χ1v) is 5.43. The van der Waals surface area contributed by atoms with Crippen molar-refractivity contribution >= 4 is 6.03 Å². The summed E-state index contributed by atoms with van der Waals surface area (Å²) in [7, 11) is 0. The number of hydrogen-bond donors (Lipinski definition) is 3. The summed E-state index contributed by atoms with van der Waals surface area (Å²) in [6, 6.07) is 0.0639. The quantitative estimate of drug-likeness (QED) is 0.630. The SMILES string of the molecule is CCCNC(=O)NC1CCCC1CO. The predicted octanol–water partition coefficient (Wildman–Crippen LogP) is 0.857. The van der Waals surface area contributed by atoms with E-state index in [2.05, 4.69) is 10.6 Å². The molecule has 14 heavy (non-hydrogen) atoms. The number of aliphatic hydroxyl groups excluding tert-OH is 1. The third-order valence-electron chi connectivity index (χ3n) is 2.75. The van der Waals surface area contributed by atoms with E-state index >= 15 is 0 Å². The van der Waals surface area contributed by atoms with Gasteiger partial charge in [-0.25, -0.2) is 4.79 Å². The van der Waals surface area contributed by atoms with Crippen molar-refractivity contribution in [3.63, 3.8) is 0 Å². The van der Waals surface area contributed by atoms with E-state index in [0.717, 1.165) is 25.7 Å².